The summed E-state index contributed by atoms with van der Waals surface area (Å²) in [5.41, 5.74) is -0.558. The van der Waals surface area contributed by atoms with E-state index in [4.69, 9.17) is 25.2 Å². The molecule has 2 aromatic carbocycles. The van der Waals surface area contributed by atoms with Crippen LogP contribution in [0.3, 0.4) is 0 Å². The number of aromatic nitrogens is 8. The second-order valence-electron chi connectivity index (χ2n) is 12.9. The Labute approximate surface area is 410 Å². The minimum Gasteiger partial charge on any atom is -0.466 e. The molecule has 0 aliphatic rings. The van der Waals surface area contributed by atoms with E-state index in [0.29, 0.717) is 12.8 Å². The Balaban J connectivity index is 0.000000339. The van der Waals surface area contributed by atoms with Gasteiger partial charge in [-0.3, -0.25) is 18.6 Å². The van der Waals surface area contributed by atoms with Crippen molar-refractivity contribution in [1.29, 1.82) is 0 Å². The summed E-state index contributed by atoms with van der Waals surface area (Å²) in [5, 5.41) is 65.1. The first kappa shape index (κ1) is 54.6. The van der Waals surface area contributed by atoms with Crippen LogP contribution in [0.4, 0.5) is 14.6 Å². The van der Waals surface area contributed by atoms with Crippen molar-refractivity contribution < 1.29 is 118 Å². The largest absolute Gasteiger partial charge is 1.00 e. The van der Waals surface area contributed by atoms with Gasteiger partial charge in [-0.1, -0.05) is 10.3 Å². The Morgan fingerprint density at radius 2 is 1.22 bits per heavy atom. The van der Waals surface area contributed by atoms with Crippen LogP contribution in [0.5, 0.6) is 5.88 Å². The van der Waals surface area contributed by atoms with E-state index in [9.17, 15) is 38.1 Å². The standard InChI is InChI=1S/C15H12BrFN4O6.C10H3BrFN5O5.C5H10O3.C4H10O.K/c16-10-6-8(3-4-11(10)17)21-13(19-26-15(21)24)12-14(20-27-18-12)25-7-9(23)2-1-5-22;11-5-3-4(1-2-6(5)12)16-8(14-21-10(16)18)7-9(17(19)20)15-22-13-7;6-3-1-2-5(8)4-7;1-4(2,3)5;/h3-4,6,22H,1-2,5,7H2;1-3H;6-7H,1-4H2;5H,1-3H3;/q;;;;+1. The molecule has 4 N–H and O–H groups in total. The van der Waals surface area contributed by atoms with E-state index in [1.807, 2.05) is 0 Å². The third kappa shape index (κ3) is 16.8. The van der Waals surface area contributed by atoms with Gasteiger partial charge in [0.05, 0.1) is 25.9 Å². The second-order valence-corrected chi connectivity index (χ2v) is 14.6. The number of halogens is 4. The number of hydrogen-bond acceptors (Lipinski definition) is 21. The van der Waals surface area contributed by atoms with Crippen molar-refractivity contribution in [2.75, 3.05) is 26.4 Å². The van der Waals surface area contributed by atoms with Crippen LogP contribution in [-0.4, -0.2) is 109 Å². The van der Waals surface area contributed by atoms with Crippen molar-refractivity contribution >= 4 is 49.2 Å². The van der Waals surface area contributed by atoms with Gasteiger partial charge in [0, 0.05) is 26.1 Å². The summed E-state index contributed by atoms with van der Waals surface area (Å²) in [6.07, 6.45) is 1.19. The first-order chi connectivity index (χ1) is 29.3. The van der Waals surface area contributed by atoms with Crippen LogP contribution in [0.15, 0.2) is 73.2 Å². The zero-order valence-corrected chi connectivity index (χ0v) is 39.7. The molecule has 0 fully saturated rings. The summed E-state index contributed by atoms with van der Waals surface area (Å²) in [6, 6.07) is 7.48. The number of carbonyl (C=O) groups is 2. The van der Waals surface area contributed by atoms with Gasteiger partial charge in [-0.2, -0.15) is 0 Å². The molecule has 0 saturated heterocycles. The molecular weight excluding hydrogens is 1010 g/mol. The van der Waals surface area contributed by atoms with Crippen molar-refractivity contribution in [3.05, 3.63) is 88.2 Å². The van der Waals surface area contributed by atoms with Crippen molar-refractivity contribution in [1.82, 2.24) is 40.1 Å². The van der Waals surface area contributed by atoms with Crippen LogP contribution in [-0.2, 0) is 9.59 Å². The van der Waals surface area contributed by atoms with Gasteiger partial charge in [-0.05, 0) is 122 Å². The summed E-state index contributed by atoms with van der Waals surface area (Å²) >= 11 is 6.01. The number of nitro groups is 1. The van der Waals surface area contributed by atoms with Gasteiger partial charge in [0.25, 0.3) is 11.6 Å². The average molecular weight is 1050 g/mol. The Morgan fingerprint density at radius 3 is 1.67 bits per heavy atom. The minimum absolute atomic E-state index is 0. The zero-order valence-electron chi connectivity index (χ0n) is 33.4. The third-order valence-electron chi connectivity index (χ3n) is 6.83. The van der Waals surface area contributed by atoms with Gasteiger partial charge in [0.1, 0.15) is 24.8 Å². The predicted octanol–water partition coefficient (Wildman–Crippen LogP) is 0.284. The fourth-order valence-electron chi connectivity index (χ4n) is 4.21. The molecule has 6 aromatic rings. The molecular formula is C34H35Br2F2KN9O15+. The SMILES string of the molecule is CC(C)(C)O.O=C(CCCO)COc1nonc1-c1noc(=O)n1-c1ccc(F)c(Br)c1.O=C(CO)CCCO.O=c1onc(-c2nonc2[N+](=O)[O-])n1-c1ccc(F)c(Br)c1.[K+]. The van der Waals surface area contributed by atoms with Gasteiger partial charge in [0.2, 0.25) is 17.3 Å². The van der Waals surface area contributed by atoms with E-state index in [-0.39, 0.29) is 139 Å². The van der Waals surface area contributed by atoms with Crippen molar-refractivity contribution in [3.63, 3.8) is 0 Å². The molecule has 6 rings (SSSR count). The maximum atomic E-state index is 13.5. The van der Waals surface area contributed by atoms with Gasteiger partial charge in [0.15, 0.2) is 16.7 Å². The number of aliphatic hydroxyl groups excluding tert-OH is 3. The van der Waals surface area contributed by atoms with E-state index in [0.717, 1.165) is 21.3 Å². The number of carbonyl (C=O) groups excluding carboxylic acids is 2. The van der Waals surface area contributed by atoms with E-state index in [1.54, 1.807) is 20.8 Å². The normalized spacial score (nSPS) is 10.6. The number of nitrogens with zero attached hydrogens (tertiary/aromatic N) is 9. The zero-order chi connectivity index (χ0) is 46.1. The molecule has 0 amide bonds. The number of hydrogen-bond donors (Lipinski definition) is 4. The van der Waals surface area contributed by atoms with Crippen LogP contribution in [0.25, 0.3) is 34.4 Å². The minimum atomic E-state index is -0.939. The van der Waals surface area contributed by atoms with Crippen LogP contribution < -0.4 is 67.6 Å². The smallest absolute Gasteiger partial charge is 0.466 e. The van der Waals surface area contributed by atoms with E-state index >= 15 is 0 Å². The van der Waals surface area contributed by atoms with Crippen molar-refractivity contribution in [2.45, 2.75) is 52.1 Å². The van der Waals surface area contributed by atoms with Crippen LogP contribution in [0.2, 0.25) is 0 Å². The first-order valence-electron chi connectivity index (χ1n) is 17.4. The van der Waals surface area contributed by atoms with E-state index in [1.165, 1.54) is 24.3 Å². The van der Waals surface area contributed by atoms with Gasteiger partial charge in [-0.25, -0.2) is 32.1 Å². The summed E-state index contributed by atoms with van der Waals surface area (Å²) in [6.45, 7) is 4.41. The molecule has 0 bridgehead atoms. The molecule has 0 atom stereocenters. The molecule has 0 spiro atoms. The summed E-state index contributed by atoms with van der Waals surface area (Å²) < 4.78 is 52.2. The first-order valence-corrected chi connectivity index (χ1v) is 19.0. The number of ketones is 2. The number of aliphatic hydroxyl groups is 4. The Morgan fingerprint density at radius 1 is 0.778 bits per heavy atom. The molecule has 0 aliphatic heterocycles. The predicted molar refractivity (Wildman–Crippen MR) is 210 cm³/mol. The number of Topliss-reactive ketones (excluding diaryl/α,β-unsaturated/α-hetero) is 2. The van der Waals surface area contributed by atoms with Crippen molar-refractivity contribution in [2.24, 2.45) is 0 Å². The monoisotopic (exact) mass is 1040 g/mol. The van der Waals surface area contributed by atoms with Crippen LogP contribution in [0, 0.1) is 21.7 Å². The molecule has 0 radical (unpaired) electrons. The van der Waals surface area contributed by atoms with Gasteiger partial charge in [-0.15, -0.1) is 4.63 Å². The van der Waals surface area contributed by atoms with E-state index in [2.05, 4.69) is 81.1 Å². The molecule has 24 nitrogen and oxygen atoms in total. The molecule has 334 valence electrons. The van der Waals surface area contributed by atoms with Gasteiger partial charge >= 0.3 is 68.7 Å². The van der Waals surface area contributed by atoms with Crippen LogP contribution >= 0.6 is 31.9 Å². The molecule has 4 heterocycles. The topological polar surface area (TPSA) is 341 Å². The molecule has 0 unspecified atom stereocenters. The van der Waals surface area contributed by atoms with Crippen molar-refractivity contribution in [3.8, 4) is 40.3 Å². The Kier molecular flexibility index (Phi) is 22.8. The molecule has 4 aromatic heterocycles. The Bertz CT molecular complexity index is 2550. The fraction of sp³-hybridized carbons (Fsp3) is 0.353. The van der Waals surface area contributed by atoms with Gasteiger partial charge < -0.3 is 35.3 Å². The van der Waals surface area contributed by atoms with E-state index < -0.39 is 51.8 Å². The number of ether oxygens (including phenoxy) is 1. The third-order valence-corrected chi connectivity index (χ3v) is 8.05. The average Bonchev–Trinajstić information content (AvgIpc) is 4.04. The second kappa shape index (κ2) is 26.3. The fourth-order valence-corrected chi connectivity index (χ4v) is 4.95. The number of rotatable bonds is 15. The summed E-state index contributed by atoms with van der Waals surface area (Å²) in [4.78, 5) is 55.7. The number of benzene rings is 2. The molecule has 29 heteroatoms. The Hall–Kier alpha value is -4.56. The maximum absolute atomic E-state index is 13.5. The quantitative estimate of drug-likeness (QED) is 0.0610. The molecule has 0 aliphatic carbocycles. The molecule has 0 saturated carbocycles. The summed E-state index contributed by atoms with van der Waals surface area (Å²) in [5.74, 6) is -4.63. The summed E-state index contributed by atoms with van der Waals surface area (Å²) in [7, 11) is 0. The van der Waals surface area contributed by atoms with Crippen LogP contribution in [0.1, 0.15) is 46.5 Å². The maximum Gasteiger partial charge on any atom is 1.00 e. The molecule has 63 heavy (non-hydrogen) atoms.